The fourth-order valence-corrected chi connectivity index (χ4v) is 2.60. The lowest BCUT2D eigenvalue weighted by atomic mass is 10.1. The van der Waals surface area contributed by atoms with Crippen LogP contribution in [0.4, 0.5) is 0 Å². The van der Waals surface area contributed by atoms with Gasteiger partial charge in [0.15, 0.2) is 0 Å². The summed E-state index contributed by atoms with van der Waals surface area (Å²) in [4.78, 5) is 12.3. The number of amides is 1. The lowest BCUT2D eigenvalue weighted by Crippen LogP contribution is -2.24. The van der Waals surface area contributed by atoms with Crippen molar-refractivity contribution in [2.24, 2.45) is 7.05 Å². The topological polar surface area (TPSA) is 46.9 Å². The molecule has 0 saturated carbocycles. The van der Waals surface area contributed by atoms with Gasteiger partial charge in [0.05, 0.1) is 11.3 Å². The van der Waals surface area contributed by atoms with Gasteiger partial charge in [-0.3, -0.25) is 9.48 Å². The number of aryl methyl sites for hydroxylation is 3. The van der Waals surface area contributed by atoms with E-state index in [4.69, 9.17) is 0 Å². The third kappa shape index (κ3) is 2.77. The lowest BCUT2D eigenvalue weighted by molar-refractivity contribution is 0.0950. The second kappa shape index (κ2) is 5.79. The molecule has 2 rings (SSSR count). The lowest BCUT2D eigenvalue weighted by Gasteiger charge is -2.09. The normalized spacial score (nSPS) is 10.7. The van der Waals surface area contributed by atoms with E-state index < -0.39 is 0 Å². The Labute approximate surface area is 127 Å². The minimum atomic E-state index is -0.0803. The summed E-state index contributed by atoms with van der Waals surface area (Å²) in [5, 5.41) is 7.31. The van der Waals surface area contributed by atoms with E-state index in [1.54, 1.807) is 0 Å². The SMILES string of the molecule is Cc1cccc(C(=O)NCc2c(C)nn(C)c2C)c1Br. The predicted molar refractivity (Wildman–Crippen MR) is 82.7 cm³/mol. The second-order valence-corrected chi connectivity index (χ2v) is 5.69. The van der Waals surface area contributed by atoms with Crippen molar-refractivity contribution >= 4 is 21.8 Å². The molecule has 0 unspecified atom stereocenters. The third-order valence-corrected chi connectivity index (χ3v) is 4.57. The highest BCUT2D eigenvalue weighted by Gasteiger charge is 2.14. The van der Waals surface area contributed by atoms with Crippen LogP contribution in [0.15, 0.2) is 22.7 Å². The molecule has 1 heterocycles. The Morgan fingerprint density at radius 2 is 2.05 bits per heavy atom. The Balaban J connectivity index is 2.15. The van der Waals surface area contributed by atoms with E-state index >= 15 is 0 Å². The van der Waals surface area contributed by atoms with Gasteiger partial charge < -0.3 is 5.32 Å². The summed E-state index contributed by atoms with van der Waals surface area (Å²) in [7, 11) is 1.91. The molecule has 0 saturated heterocycles. The molecule has 1 amide bonds. The van der Waals surface area contributed by atoms with E-state index in [9.17, 15) is 4.79 Å². The number of aromatic nitrogens is 2. The summed E-state index contributed by atoms with van der Waals surface area (Å²) in [6.45, 7) is 6.42. The molecule has 4 nitrogen and oxygen atoms in total. The summed E-state index contributed by atoms with van der Waals surface area (Å²) >= 11 is 3.46. The van der Waals surface area contributed by atoms with Gasteiger partial charge in [-0.15, -0.1) is 0 Å². The van der Waals surface area contributed by atoms with Gasteiger partial charge in [-0.2, -0.15) is 5.10 Å². The molecule has 2 aromatic rings. The fraction of sp³-hybridized carbons (Fsp3) is 0.333. The molecule has 0 fully saturated rings. The van der Waals surface area contributed by atoms with Crippen LogP contribution >= 0.6 is 15.9 Å². The van der Waals surface area contributed by atoms with Crippen LogP contribution in [-0.4, -0.2) is 15.7 Å². The van der Waals surface area contributed by atoms with Crippen molar-refractivity contribution in [2.45, 2.75) is 27.3 Å². The van der Waals surface area contributed by atoms with Crippen molar-refractivity contribution in [3.8, 4) is 0 Å². The average molecular weight is 336 g/mol. The highest BCUT2D eigenvalue weighted by Crippen LogP contribution is 2.21. The first-order valence-corrected chi connectivity index (χ1v) is 7.23. The molecule has 1 aromatic carbocycles. The van der Waals surface area contributed by atoms with Gasteiger partial charge in [0.1, 0.15) is 0 Å². The van der Waals surface area contributed by atoms with Crippen LogP contribution in [0.1, 0.15) is 32.9 Å². The van der Waals surface area contributed by atoms with Crippen molar-refractivity contribution < 1.29 is 4.79 Å². The van der Waals surface area contributed by atoms with Crippen LogP contribution in [0, 0.1) is 20.8 Å². The van der Waals surface area contributed by atoms with Crippen molar-refractivity contribution in [1.29, 1.82) is 0 Å². The zero-order valence-electron chi connectivity index (χ0n) is 12.1. The van der Waals surface area contributed by atoms with Crippen molar-refractivity contribution in [3.63, 3.8) is 0 Å². The number of carbonyl (C=O) groups is 1. The molecule has 0 aliphatic rings. The maximum Gasteiger partial charge on any atom is 0.252 e. The van der Waals surface area contributed by atoms with E-state index in [2.05, 4.69) is 26.3 Å². The molecule has 20 heavy (non-hydrogen) atoms. The Morgan fingerprint density at radius 3 is 2.65 bits per heavy atom. The first kappa shape index (κ1) is 14.8. The van der Waals surface area contributed by atoms with Crippen LogP contribution < -0.4 is 5.32 Å². The number of halogens is 1. The quantitative estimate of drug-likeness (QED) is 0.937. The van der Waals surface area contributed by atoms with Crippen LogP contribution in [-0.2, 0) is 13.6 Å². The second-order valence-electron chi connectivity index (χ2n) is 4.89. The zero-order valence-corrected chi connectivity index (χ0v) is 13.7. The van der Waals surface area contributed by atoms with Gasteiger partial charge in [-0.25, -0.2) is 0 Å². The van der Waals surface area contributed by atoms with Gasteiger partial charge in [-0.1, -0.05) is 12.1 Å². The molecular formula is C15H18BrN3O. The smallest absolute Gasteiger partial charge is 0.252 e. The number of nitrogens with zero attached hydrogens (tertiary/aromatic N) is 2. The van der Waals surface area contributed by atoms with Gasteiger partial charge >= 0.3 is 0 Å². The van der Waals surface area contributed by atoms with Crippen molar-refractivity contribution in [1.82, 2.24) is 15.1 Å². The number of hydrogen-bond acceptors (Lipinski definition) is 2. The molecule has 0 atom stereocenters. The Kier molecular flexibility index (Phi) is 4.28. The van der Waals surface area contributed by atoms with Crippen LogP contribution in [0.2, 0.25) is 0 Å². The Bertz CT molecular complexity index is 661. The zero-order chi connectivity index (χ0) is 14.9. The monoisotopic (exact) mass is 335 g/mol. The van der Waals surface area contributed by atoms with Crippen LogP contribution in [0.3, 0.4) is 0 Å². The molecule has 106 valence electrons. The molecule has 1 N–H and O–H groups in total. The minimum Gasteiger partial charge on any atom is -0.348 e. The maximum absolute atomic E-state index is 12.3. The highest BCUT2D eigenvalue weighted by molar-refractivity contribution is 9.10. The van der Waals surface area contributed by atoms with Crippen LogP contribution in [0.5, 0.6) is 0 Å². The first-order chi connectivity index (χ1) is 9.41. The Hall–Kier alpha value is -1.62. The molecule has 1 aromatic heterocycles. The first-order valence-electron chi connectivity index (χ1n) is 6.44. The minimum absolute atomic E-state index is 0.0803. The predicted octanol–water partition coefficient (Wildman–Crippen LogP) is 3.04. The van der Waals surface area contributed by atoms with E-state index in [0.717, 1.165) is 27.0 Å². The van der Waals surface area contributed by atoms with E-state index in [-0.39, 0.29) is 5.91 Å². The number of benzene rings is 1. The molecule has 0 aliphatic carbocycles. The number of nitrogens with one attached hydrogen (secondary N) is 1. The molecule has 5 heteroatoms. The third-order valence-electron chi connectivity index (χ3n) is 3.52. The highest BCUT2D eigenvalue weighted by atomic mass is 79.9. The van der Waals surface area contributed by atoms with E-state index in [1.165, 1.54) is 0 Å². The number of hydrogen-bond donors (Lipinski definition) is 1. The van der Waals surface area contributed by atoms with Gasteiger partial charge in [0.2, 0.25) is 0 Å². The molecule has 0 spiro atoms. The summed E-state index contributed by atoms with van der Waals surface area (Å²) < 4.78 is 2.68. The van der Waals surface area contributed by atoms with Crippen molar-refractivity contribution in [3.05, 3.63) is 50.8 Å². The molecule has 0 radical (unpaired) electrons. The summed E-state index contributed by atoms with van der Waals surface area (Å²) in [5.74, 6) is -0.0803. The van der Waals surface area contributed by atoms with Crippen molar-refractivity contribution in [2.75, 3.05) is 0 Å². The van der Waals surface area contributed by atoms with Gasteiger partial charge in [0.25, 0.3) is 5.91 Å². The fourth-order valence-electron chi connectivity index (χ4n) is 2.16. The van der Waals surface area contributed by atoms with E-state index in [1.807, 2.05) is 50.7 Å². The number of carbonyl (C=O) groups excluding carboxylic acids is 1. The number of rotatable bonds is 3. The van der Waals surface area contributed by atoms with Crippen LogP contribution in [0.25, 0.3) is 0 Å². The molecular weight excluding hydrogens is 318 g/mol. The van der Waals surface area contributed by atoms with E-state index in [0.29, 0.717) is 12.1 Å². The summed E-state index contributed by atoms with van der Waals surface area (Å²) in [5.41, 5.74) is 4.81. The summed E-state index contributed by atoms with van der Waals surface area (Å²) in [6.07, 6.45) is 0. The maximum atomic E-state index is 12.3. The summed E-state index contributed by atoms with van der Waals surface area (Å²) in [6, 6.07) is 5.67. The molecule has 0 bridgehead atoms. The van der Waals surface area contributed by atoms with Gasteiger partial charge in [-0.05, 0) is 48.3 Å². The molecule has 0 aliphatic heterocycles. The standard InChI is InChI=1S/C15H18BrN3O/c1-9-6-5-7-12(14(9)16)15(20)17-8-13-10(2)18-19(4)11(13)3/h5-7H,8H2,1-4H3,(H,17,20). The van der Waals surface area contributed by atoms with Gasteiger partial charge in [0, 0.05) is 29.3 Å². The largest absolute Gasteiger partial charge is 0.348 e. The average Bonchev–Trinajstić information content (AvgIpc) is 2.64. The Morgan fingerprint density at radius 1 is 1.35 bits per heavy atom.